The number of rotatable bonds is 3. The van der Waals surface area contributed by atoms with Crippen molar-refractivity contribution in [3.05, 3.63) is 47.2 Å². The summed E-state index contributed by atoms with van der Waals surface area (Å²) >= 11 is 6.10. The van der Waals surface area contributed by atoms with Gasteiger partial charge in [-0.25, -0.2) is 0 Å². The lowest BCUT2D eigenvalue weighted by Gasteiger charge is -2.14. The minimum absolute atomic E-state index is 0.609. The third-order valence-corrected chi connectivity index (χ3v) is 3.42. The molecule has 0 bridgehead atoms. The van der Waals surface area contributed by atoms with Crippen LogP contribution in [0.2, 0.25) is 5.02 Å². The number of para-hydroxylation sites is 1. The maximum Gasteiger partial charge on any atom is 0.166 e. The summed E-state index contributed by atoms with van der Waals surface area (Å²) in [5, 5.41) is 3.92. The molecule has 0 fully saturated rings. The van der Waals surface area contributed by atoms with Crippen molar-refractivity contribution in [3.63, 3.8) is 0 Å². The number of benzene rings is 1. The number of aromatic nitrogens is 1. The molecule has 1 aliphatic heterocycles. The van der Waals surface area contributed by atoms with Gasteiger partial charge in [-0.1, -0.05) is 23.7 Å². The Hall–Kier alpha value is -1.94. The molecule has 0 radical (unpaired) electrons. The zero-order valence-electron chi connectivity index (χ0n) is 10.9. The van der Waals surface area contributed by atoms with Crippen molar-refractivity contribution >= 4 is 17.3 Å². The van der Waals surface area contributed by atoms with E-state index in [-0.39, 0.29) is 0 Å². The fourth-order valence-electron chi connectivity index (χ4n) is 2.09. The van der Waals surface area contributed by atoms with Gasteiger partial charge in [0.05, 0.1) is 30.1 Å². The molecule has 0 amide bonds. The van der Waals surface area contributed by atoms with Gasteiger partial charge in [-0.2, -0.15) is 0 Å². The molecule has 104 valence electrons. The van der Waals surface area contributed by atoms with Crippen LogP contribution in [0, 0.1) is 0 Å². The van der Waals surface area contributed by atoms with Gasteiger partial charge in [-0.15, -0.1) is 0 Å². The zero-order chi connectivity index (χ0) is 13.8. The number of anilines is 1. The highest BCUT2D eigenvalue weighted by Gasteiger charge is 2.14. The molecule has 1 aromatic heterocycles. The van der Waals surface area contributed by atoms with Crippen molar-refractivity contribution < 1.29 is 9.47 Å². The first kappa shape index (κ1) is 13.1. The van der Waals surface area contributed by atoms with Gasteiger partial charge >= 0.3 is 0 Å². The molecule has 0 spiro atoms. The van der Waals surface area contributed by atoms with Crippen molar-refractivity contribution in [1.82, 2.24) is 4.98 Å². The molecular weight excluding hydrogens is 276 g/mol. The van der Waals surface area contributed by atoms with E-state index in [1.54, 1.807) is 18.5 Å². The molecule has 1 aromatic carbocycles. The number of nitrogens with one attached hydrogen (secondary N) is 1. The van der Waals surface area contributed by atoms with E-state index in [9.17, 15) is 0 Å². The van der Waals surface area contributed by atoms with Crippen LogP contribution in [-0.2, 0) is 6.54 Å². The Morgan fingerprint density at radius 3 is 3.00 bits per heavy atom. The molecule has 20 heavy (non-hydrogen) atoms. The van der Waals surface area contributed by atoms with Crippen LogP contribution < -0.4 is 14.8 Å². The topological polar surface area (TPSA) is 43.4 Å². The van der Waals surface area contributed by atoms with Crippen LogP contribution in [0.25, 0.3) is 0 Å². The standard InChI is InChI=1S/C15H15ClN2O2/c16-12-5-6-17-10-13(12)18-9-11-3-1-4-14-15(11)20-8-2-7-19-14/h1,3-6,10,18H,2,7-9H2. The van der Waals surface area contributed by atoms with E-state index >= 15 is 0 Å². The summed E-state index contributed by atoms with van der Waals surface area (Å²) in [7, 11) is 0. The number of hydrogen-bond donors (Lipinski definition) is 1. The van der Waals surface area contributed by atoms with Gasteiger partial charge in [-0.3, -0.25) is 4.98 Å². The normalized spacial score (nSPS) is 13.7. The quantitative estimate of drug-likeness (QED) is 0.939. The lowest BCUT2D eigenvalue weighted by molar-refractivity contribution is 0.296. The van der Waals surface area contributed by atoms with Crippen molar-refractivity contribution in [2.45, 2.75) is 13.0 Å². The maximum atomic E-state index is 6.10. The average molecular weight is 291 g/mol. The van der Waals surface area contributed by atoms with Crippen LogP contribution in [0.5, 0.6) is 11.5 Å². The summed E-state index contributed by atoms with van der Waals surface area (Å²) in [6.45, 7) is 1.98. The fraction of sp³-hybridized carbons (Fsp3) is 0.267. The SMILES string of the molecule is Clc1ccncc1NCc1cccc2c1OCCCO2. The first-order valence-electron chi connectivity index (χ1n) is 6.55. The van der Waals surface area contributed by atoms with Gasteiger partial charge in [0.15, 0.2) is 11.5 Å². The monoisotopic (exact) mass is 290 g/mol. The maximum absolute atomic E-state index is 6.10. The van der Waals surface area contributed by atoms with E-state index in [0.717, 1.165) is 29.2 Å². The van der Waals surface area contributed by atoms with Crippen LogP contribution in [0.15, 0.2) is 36.7 Å². The van der Waals surface area contributed by atoms with Gasteiger partial charge in [0, 0.05) is 24.7 Å². The summed E-state index contributed by atoms with van der Waals surface area (Å²) in [4.78, 5) is 4.06. The first-order valence-corrected chi connectivity index (χ1v) is 6.93. The molecule has 2 heterocycles. The van der Waals surface area contributed by atoms with Crippen molar-refractivity contribution in [1.29, 1.82) is 0 Å². The molecule has 5 heteroatoms. The summed E-state index contributed by atoms with van der Waals surface area (Å²) in [6, 6.07) is 7.68. The number of fused-ring (bicyclic) bond motifs is 1. The lowest BCUT2D eigenvalue weighted by Crippen LogP contribution is -2.04. The van der Waals surface area contributed by atoms with Crippen LogP contribution in [0.3, 0.4) is 0 Å². The Bertz CT molecular complexity index is 604. The lowest BCUT2D eigenvalue weighted by atomic mass is 10.2. The van der Waals surface area contributed by atoms with E-state index in [1.807, 2.05) is 18.2 Å². The third kappa shape index (κ3) is 2.80. The summed E-state index contributed by atoms with van der Waals surface area (Å²) in [5.74, 6) is 1.62. The third-order valence-electron chi connectivity index (χ3n) is 3.09. The van der Waals surface area contributed by atoms with Crippen LogP contribution >= 0.6 is 11.6 Å². The smallest absolute Gasteiger partial charge is 0.166 e. The van der Waals surface area contributed by atoms with E-state index in [2.05, 4.69) is 10.3 Å². The Balaban J connectivity index is 1.80. The Kier molecular flexibility index (Phi) is 3.92. The molecule has 3 rings (SSSR count). The van der Waals surface area contributed by atoms with Crippen molar-refractivity contribution in [2.24, 2.45) is 0 Å². The molecule has 0 saturated carbocycles. The van der Waals surface area contributed by atoms with Gasteiger partial charge < -0.3 is 14.8 Å². The first-order chi connectivity index (χ1) is 9.84. The largest absolute Gasteiger partial charge is 0.490 e. The van der Waals surface area contributed by atoms with Crippen molar-refractivity contribution in [2.75, 3.05) is 18.5 Å². The van der Waals surface area contributed by atoms with Gasteiger partial charge in [0.25, 0.3) is 0 Å². The molecule has 1 N–H and O–H groups in total. The fourth-order valence-corrected chi connectivity index (χ4v) is 2.26. The van der Waals surface area contributed by atoms with E-state index in [4.69, 9.17) is 21.1 Å². The van der Waals surface area contributed by atoms with Gasteiger partial charge in [-0.05, 0) is 12.1 Å². The average Bonchev–Trinajstić information content (AvgIpc) is 2.72. The second kappa shape index (κ2) is 6.01. The molecule has 0 aliphatic carbocycles. The molecule has 0 saturated heterocycles. The van der Waals surface area contributed by atoms with Gasteiger partial charge in [0.1, 0.15) is 0 Å². The Morgan fingerprint density at radius 2 is 2.10 bits per heavy atom. The highest BCUT2D eigenvalue weighted by Crippen LogP contribution is 2.33. The van der Waals surface area contributed by atoms with Gasteiger partial charge in [0.2, 0.25) is 0 Å². The zero-order valence-corrected chi connectivity index (χ0v) is 11.7. The summed E-state index contributed by atoms with van der Waals surface area (Å²) in [6.07, 6.45) is 4.27. The minimum atomic E-state index is 0.609. The Morgan fingerprint density at radius 1 is 1.20 bits per heavy atom. The van der Waals surface area contributed by atoms with Crippen molar-refractivity contribution in [3.8, 4) is 11.5 Å². The van der Waals surface area contributed by atoms with Crippen LogP contribution in [0.1, 0.15) is 12.0 Å². The van der Waals surface area contributed by atoms with E-state index < -0.39 is 0 Å². The highest BCUT2D eigenvalue weighted by atomic mass is 35.5. The predicted octanol–water partition coefficient (Wildman–Crippen LogP) is 3.51. The number of pyridine rings is 1. The number of halogens is 1. The molecule has 4 nitrogen and oxygen atoms in total. The van der Waals surface area contributed by atoms with E-state index in [1.165, 1.54) is 0 Å². The highest BCUT2D eigenvalue weighted by molar-refractivity contribution is 6.33. The second-order valence-corrected chi connectivity index (χ2v) is 4.91. The molecule has 0 unspecified atom stereocenters. The molecule has 1 aliphatic rings. The number of hydrogen-bond acceptors (Lipinski definition) is 4. The van der Waals surface area contributed by atoms with Crippen LogP contribution in [0.4, 0.5) is 5.69 Å². The Labute approximate surface area is 122 Å². The second-order valence-electron chi connectivity index (χ2n) is 4.50. The summed E-state index contributed by atoms with van der Waals surface area (Å²) < 4.78 is 11.5. The minimum Gasteiger partial charge on any atom is -0.490 e. The van der Waals surface area contributed by atoms with E-state index in [0.29, 0.717) is 24.8 Å². The number of ether oxygens (including phenoxy) is 2. The predicted molar refractivity (Wildman–Crippen MR) is 78.6 cm³/mol. The number of nitrogens with zero attached hydrogens (tertiary/aromatic N) is 1. The molecule has 0 atom stereocenters. The molecular formula is C15H15ClN2O2. The summed E-state index contributed by atoms with van der Waals surface area (Å²) in [5.41, 5.74) is 1.85. The molecule has 2 aromatic rings. The van der Waals surface area contributed by atoms with Crippen LogP contribution in [-0.4, -0.2) is 18.2 Å².